The third-order valence-corrected chi connectivity index (χ3v) is 6.16. The summed E-state index contributed by atoms with van der Waals surface area (Å²) < 4.78 is 1.96. The summed E-state index contributed by atoms with van der Waals surface area (Å²) in [6.07, 6.45) is 6.49. The van der Waals surface area contributed by atoms with Gasteiger partial charge in [-0.05, 0) is 30.9 Å². The number of fused-ring (bicyclic) bond motifs is 2. The SMILES string of the molecule is CSCc1nc2sc(C(=O)NCCc3cn4ccccc4n3)c(C)c2c(=O)[nH]1. The van der Waals surface area contributed by atoms with Crippen molar-refractivity contribution < 1.29 is 4.79 Å². The molecule has 0 aliphatic heterocycles. The zero-order chi connectivity index (χ0) is 19.7. The highest BCUT2D eigenvalue weighted by Gasteiger charge is 2.19. The third kappa shape index (κ3) is 3.55. The van der Waals surface area contributed by atoms with Crippen LogP contribution in [0, 0.1) is 6.92 Å². The molecular weight excluding hydrogens is 394 g/mol. The number of rotatable bonds is 6. The number of hydrogen-bond donors (Lipinski definition) is 2. The molecule has 0 saturated carbocycles. The van der Waals surface area contributed by atoms with Crippen molar-refractivity contribution >= 4 is 44.9 Å². The molecule has 0 bridgehead atoms. The van der Waals surface area contributed by atoms with Crippen molar-refractivity contribution in [2.45, 2.75) is 19.1 Å². The number of nitrogens with one attached hydrogen (secondary N) is 2. The maximum atomic E-state index is 12.6. The summed E-state index contributed by atoms with van der Waals surface area (Å²) >= 11 is 2.85. The van der Waals surface area contributed by atoms with Crippen LogP contribution in [-0.4, -0.2) is 38.1 Å². The maximum absolute atomic E-state index is 12.6. The Balaban J connectivity index is 1.49. The number of pyridine rings is 1. The largest absolute Gasteiger partial charge is 0.351 e. The number of thioether (sulfide) groups is 1. The summed E-state index contributed by atoms with van der Waals surface area (Å²) in [5.41, 5.74) is 2.29. The van der Waals surface area contributed by atoms with Crippen LogP contribution in [-0.2, 0) is 12.2 Å². The maximum Gasteiger partial charge on any atom is 0.261 e. The Morgan fingerprint density at radius 3 is 3.00 bits per heavy atom. The van der Waals surface area contributed by atoms with Crippen molar-refractivity contribution in [2.24, 2.45) is 0 Å². The molecule has 4 aromatic rings. The van der Waals surface area contributed by atoms with Gasteiger partial charge in [-0.1, -0.05) is 6.07 Å². The Morgan fingerprint density at radius 1 is 1.36 bits per heavy atom. The average Bonchev–Trinajstić information content (AvgIpc) is 3.22. The predicted molar refractivity (Wildman–Crippen MR) is 113 cm³/mol. The van der Waals surface area contributed by atoms with Gasteiger partial charge in [0.25, 0.3) is 11.5 Å². The second-order valence-corrected chi connectivity index (χ2v) is 8.25. The number of aromatic nitrogens is 4. The number of H-pyrrole nitrogens is 1. The third-order valence-electron chi connectivity index (χ3n) is 4.42. The number of carbonyl (C=O) groups is 1. The van der Waals surface area contributed by atoms with Crippen LogP contribution in [0.5, 0.6) is 0 Å². The number of carbonyl (C=O) groups excluding carboxylic acids is 1. The Morgan fingerprint density at radius 2 is 2.21 bits per heavy atom. The molecule has 0 aromatic carbocycles. The van der Waals surface area contributed by atoms with Crippen LogP contribution in [0.4, 0.5) is 0 Å². The van der Waals surface area contributed by atoms with Gasteiger partial charge in [0.05, 0.1) is 21.7 Å². The van der Waals surface area contributed by atoms with Crippen molar-refractivity contribution in [1.29, 1.82) is 0 Å². The summed E-state index contributed by atoms with van der Waals surface area (Å²) in [6.45, 7) is 2.26. The summed E-state index contributed by atoms with van der Waals surface area (Å²) in [4.78, 5) is 38.0. The molecule has 0 radical (unpaired) electrons. The zero-order valence-electron chi connectivity index (χ0n) is 15.5. The molecule has 28 heavy (non-hydrogen) atoms. The monoisotopic (exact) mass is 413 g/mol. The average molecular weight is 414 g/mol. The van der Waals surface area contributed by atoms with Crippen LogP contribution in [0.1, 0.15) is 26.8 Å². The van der Waals surface area contributed by atoms with Crippen LogP contribution < -0.4 is 10.9 Å². The first kappa shape index (κ1) is 18.7. The molecule has 7 nitrogen and oxygen atoms in total. The molecule has 0 saturated heterocycles. The molecule has 4 heterocycles. The van der Waals surface area contributed by atoms with E-state index in [0.29, 0.717) is 45.2 Å². The fourth-order valence-corrected chi connectivity index (χ4v) is 4.63. The summed E-state index contributed by atoms with van der Waals surface area (Å²) in [5, 5.41) is 3.43. The molecule has 144 valence electrons. The van der Waals surface area contributed by atoms with Crippen LogP contribution in [0.3, 0.4) is 0 Å². The standard InChI is InChI=1S/C19H19N5O2S2/c1-11-15-17(25)22-13(10-27-2)23-19(15)28-16(11)18(26)20-7-6-12-9-24-8-4-3-5-14(24)21-12/h3-5,8-9H,6-7,10H2,1-2H3,(H,20,26)(H,22,23,25). The van der Waals surface area contributed by atoms with E-state index in [-0.39, 0.29) is 11.5 Å². The fraction of sp³-hybridized carbons (Fsp3) is 0.263. The van der Waals surface area contributed by atoms with Crippen LogP contribution in [0.2, 0.25) is 0 Å². The van der Waals surface area contributed by atoms with Gasteiger partial charge in [-0.3, -0.25) is 9.59 Å². The molecule has 4 aromatic heterocycles. The smallest absolute Gasteiger partial charge is 0.261 e. The molecule has 9 heteroatoms. The van der Waals surface area contributed by atoms with Gasteiger partial charge in [0.2, 0.25) is 0 Å². The van der Waals surface area contributed by atoms with E-state index in [4.69, 9.17) is 0 Å². The Kier molecular flexibility index (Phi) is 5.19. The van der Waals surface area contributed by atoms with Gasteiger partial charge in [-0.25, -0.2) is 9.97 Å². The number of imidazole rings is 1. The highest BCUT2D eigenvalue weighted by atomic mass is 32.2. The molecule has 0 aliphatic rings. The lowest BCUT2D eigenvalue weighted by molar-refractivity contribution is 0.0957. The van der Waals surface area contributed by atoms with Gasteiger partial charge < -0.3 is 14.7 Å². The summed E-state index contributed by atoms with van der Waals surface area (Å²) in [5.74, 6) is 1.07. The molecule has 4 rings (SSSR count). The van der Waals surface area contributed by atoms with Crippen LogP contribution in [0.25, 0.3) is 15.9 Å². The molecule has 1 amide bonds. The number of nitrogens with zero attached hydrogens (tertiary/aromatic N) is 3. The Hall–Kier alpha value is -2.65. The molecule has 0 aliphatic carbocycles. The number of thiophene rings is 1. The van der Waals surface area contributed by atoms with Gasteiger partial charge in [0, 0.05) is 25.4 Å². The minimum atomic E-state index is -0.188. The normalized spacial score (nSPS) is 11.4. The lowest BCUT2D eigenvalue weighted by Crippen LogP contribution is -2.25. The van der Waals surface area contributed by atoms with E-state index in [1.165, 1.54) is 11.3 Å². The molecule has 0 spiro atoms. The number of amides is 1. The van der Waals surface area contributed by atoms with Gasteiger partial charge >= 0.3 is 0 Å². The fourth-order valence-electron chi connectivity index (χ4n) is 3.10. The lowest BCUT2D eigenvalue weighted by atomic mass is 10.2. The van der Waals surface area contributed by atoms with E-state index < -0.39 is 0 Å². The Labute approximate surface area is 169 Å². The second kappa shape index (κ2) is 7.76. The highest BCUT2D eigenvalue weighted by molar-refractivity contribution is 7.97. The lowest BCUT2D eigenvalue weighted by Gasteiger charge is -2.02. The molecule has 0 atom stereocenters. The van der Waals surface area contributed by atoms with Gasteiger partial charge in [0.15, 0.2) is 0 Å². The van der Waals surface area contributed by atoms with E-state index >= 15 is 0 Å². The zero-order valence-corrected chi connectivity index (χ0v) is 17.1. The van der Waals surface area contributed by atoms with Crippen LogP contribution in [0.15, 0.2) is 35.4 Å². The minimum absolute atomic E-state index is 0.185. The van der Waals surface area contributed by atoms with Crippen molar-refractivity contribution in [2.75, 3.05) is 12.8 Å². The van der Waals surface area contributed by atoms with Gasteiger partial charge in [0.1, 0.15) is 16.3 Å². The first-order valence-electron chi connectivity index (χ1n) is 8.79. The van der Waals surface area contributed by atoms with Crippen molar-refractivity contribution in [3.8, 4) is 0 Å². The van der Waals surface area contributed by atoms with Crippen LogP contribution >= 0.6 is 23.1 Å². The van der Waals surface area contributed by atoms with Gasteiger partial charge in [-0.2, -0.15) is 11.8 Å². The Bertz CT molecular complexity index is 1190. The number of aromatic amines is 1. The highest BCUT2D eigenvalue weighted by Crippen LogP contribution is 2.27. The molecule has 2 N–H and O–H groups in total. The second-order valence-electron chi connectivity index (χ2n) is 6.39. The van der Waals surface area contributed by atoms with E-state index in [0.717, 1.165) is 11.3 Å². The quantitative estimate of drug-likeness (QED) is 0.507. The number of aryl methyl sites for hydroxylation is 1. The molecule has 0 unspecified atom stereocenters. The molecule has 0 fully saturated rings. The van der Waals surface area contributed by atoms with E-state index in [1.807, 2.05) is 41.2 Å². The van der Waals surface area contributed by atoms with Crippen molar-refractivity contribution in [1.82, 2.24) is 24.7 Å². The molecular formula is C19H19N5O2S2. The topological polar surface area (TPSA) is 92.2 Å². The first-order chi connectivity index (χ1) is 13.6. The van der Waals surface area contributed by atoms with Crippen molar-refractivity contribution in [3.63, 3.8) is 0 Å². The van der Waals surface area contributed by atoms with E-state index in [9.17, 15) is 9.59 Å². The summed E-state index contributed by atoms with van der Waals surface area (Å²) in [7, 11) is 0. The minimum Gasteiger partial charge on any atom is -0.351 e. The van der Waals surface area contributed by atoms with E-state index in [1.54, 1.807) is 18.7 Å². The summed E-state index contributed by atoms with van der Waals surface area (Å²) in [6, 6.07) is 5.84. The van der Waals surface area contributed by atoms with Gasteiger partial charge in [-0.15, -0.1) is 11.3 Å². The first-order valence-corrected chi connectivity index (χ1v) is 11.0. The number of hydrogen-bond acceptors (Lipinski definition) is 6. The van der Waals surface area contributed by atoms with E-state index in [2.05, 4.69) is 20.3 Å². The van der Waals surface area contributed by atoms with Crippen molar-refractivity contribution in [3.05, 3.63) is 62.9 Å². The predicted octanol–water partition coefficient (Wildman–Crippen LogP) is 2.78.